The summed E-state index contributed by atoms with van der Waals surface area (Å²) in [5.74, 6) is -0.781. The van der Waals surface area contributed by atoms with Crippen molar-refractivity contribution in [1.82, 2.24) is 30.0 Å². The second-order valence-electron chi connectivity index (χ2n) is 11.4. The van der Waals surface area contributed by atoms with Crippen LogP contribution in [0.3, 0.4) is 0 Å². The smallest absolute Gasteiger partial charge is 0.306 e. The van der Waals surface area contributed by atoms with Gasteiger partial charge in [0.15, 0.2) is 5.82 Å². The molecule has 1 saturated carbocycles. The third-order valence-electron chi connectivity index (χ3n) is 8.57. The summed E-state index contributed by atoms with van der Waals surface area (Å²) in [5, 5.41) is 17.2. The van der Waals surface area contributed by atoms with Gasteiger partial charge in [0.1, 0.15) is 11.5 Å². The van der Waals surface area contributed by atoms with Crippen LogP contribution in [0.4, 0.5) is 4.39 Å². The quantitative estimate of drug-likeness (QED) is 0.418. The fraction of sp³-hybridized carbons (Fsp3) is 0.387. The van der Waals surface area contributed by atoms with Crippen molar-refractivity contribution in [3.63, 3.8) is 0 Å². The Morgan fingerprint density at radius 2 is 1.95 bits per heavy atom. The predicted octanol–water partition coefficient (Wildman–Crippen LogP) is 4.56. The third-order valence-corrected chi connectivity index (χ3v) is 8.57. The largest absolute Gasteiger partial charge is 0.481 e. The molecule has 212 valence electrons. The number of aromatic nitrogens is 4. The molecule has 41 heavy (non-hydrogen) atoms. The highest BCUT2D eigenvalue weighted by Gasteiger charge is 2.48. The molecule has 1 amide bonds. The maximum atomic E-state index is 13.5. The molecule has 9 nitrogen and oxygen atoms in total. The first-order chi connectivity index (χ1) is 19.8. The molecule has 2 N–H and O–H groups in total. The van der Waals surface area contributed by atoms with E-state index in [0.29, 0.717) is 62.0 Å². The molecule has 0 spiro atoms. The number of rotatable bonds is 8. The average molecular weight is 557 g/mol. The molecule has 0 bridgehead atoms. The zero-order valence-electron chi connectivity index (χ0n) is 22.9. The Balaban J connectivity index is 1.21. The molecule has 10 heteroatoms. The fourth-order valence-corrected chi connectivity index (χ4v) is 5.89. The number of nitrogens with one attached hydrogen (secondary N) is 1. The van der Waals surface area contributed by atoms with Crippen molar-refractivity contribution < 1.29 is 19.1 Å². The Labute approximate surface area is 237 Å². The van der Waals surface area contributed by atoms with Crippen LogP contribution in [0.2, 0.25) is 0 Å². The van der Waals surface area contributed by atoms with Crippen LogP contribution in [0.1, 0.15) is 48.8 Å². The van der Waals surface area contributed by atoms with Gasteiger partial charge < -0.3 is 15.3 Å². The molecule has 1 aromatic carbocycles. The number of carboxylic acids is 1. The lowest BCUT2D eigenvalue weighted by Gasteiger charge is -2.30. The number of nitrogens with zero attached hydrogens (tertiary/aromatic N) is 5. The predicted molar refractivity (Wildman–Crippen MR) is 151 cm³/mol. The number of allylic oxidation sites excluding steroid dienone is 4. The van der Waals surface area contributed by atoms with Crippen molar-refractivity contribution in [2.45, 2.75) is 45.2 Å². The molecule has 2 aromatic heterocycles. The standard InChI is InChI=1S/C31H33FN6O3/c1-31(11-7-22(32)8-12-31)25-18-26(25)33-19-23-17-27(29(39)37-15-9-21(10-16-37)30(40)41)36-28(35-23)20-3-5-24(6-4-20)38-14-2-13-34-38/h2-8,11,13-14,17,21,25-26,33H,9-10,12,15-16,18-19H2,1H3,(H,40,41)/t25-,26-,31?/m1/s1. The number of benzene rings is 1. The highest BCUT2D eigenvalue weighted by Crippen LogP contribution is 2.50. The number of carbonyl (C=O) groups is 2. The van der Waals surface area contributed by atoms with E-state index in [1.54, 1.807) is 34.0 Å². The van der Waals surface area contributed by atoms with Gasteiger partial charge in [-0.3, -0.25) is 9.59 Å². The van der Waals surface area contributed by atoms with E-state index in [0.717, 1.165) is 17.7 Å². The average Bonchev–Trinajstić information content (AvgIpc) is 3.59. The monoisotopic (exact) mass is 556 g/mol. The van der Waals surface area contributed by atoms with Crippen molar-refractivity contribution in [2.75, 3.05) is 13.1 Å². The number of likely N-dealkylation sites (tertiary alicyclic amines) is 1. The minimum absolute atomic E-state index is 0.0798. The van der Waals surface area contributed by atoms with Gasteiger partial charge in [-0.2, -0.15) is 5.10 Å². The number of hydrogen-bond acceptors (Lipinski definition) is 6. The van der Waals surface area contributed by atoms with Crippen LogP contribution in [0.25, 0.3) is 17.1 Å². The number of piperidine rings is 1. The second kappa shape index (κ2) is 11.0. The summed E-state index contributed by atoms with van der Waals surface area (Å²) in [5.41, 5.74) is 2.60. The number of carboxylic acid groups (broad SMARTS) is 1. The molecule has 3 heterocycles. The summed E-state index contributed by atoms with van der Waals surface area (Å²) in [6.07, 6.45) is 11.3. The van der Waals surface area contributed by atoms with Crippen molar-refractivity contribution in [1.29, 1.82) is 0 Å². The number of hydrogen-bond donors (Lipinski definition) is 2. The van der Waals surface area contributed by atoms with Crippen molar-refractivity contribution >= 4 is 11.9 Å². The summed E-state index contributed by atoms with van der Waals surface area (Å²) in [6.45, 7) is 3.39. The van der Waals surface area contributed by atoms with Crippen LogP contribution in [-0.4, -0.2) is 60.8 Å². The molecule has 6 rings (SSSR count). The van der Waals surface area contributed by atoms with Gasteiger partial charge in [0, 0.05) is 43.6 Å². The number of amides is 1. The normalized spacial score (nSPS) is 24.2. The Bertz CT molecular complexity index is 1490. The van der Waals surface area contributed by atoms with Gasteiger partial charge in [0.2, 0.25) is 0 Å². The van der Waals surface area contributed by atoms with Gasteiger partial charge in [0.25, 0.3) is 5.91 Å². The van der Waals surface area contributed by atoms with Gasteiger partial charge in [-0.1, -0.05) is 13.0 Å². The van der Waals surface area contributed by atoms with Gasteiger partial charge in [-0.15, -0.1) is 0 Å². The van der Waals surface area contributed by atoms with Gasteiger partial charge >= 0.3 is 5.97 Å². The van der Waals surface area contributed by atoms with Crippen LogP contribution in [0.15, 0.2) is 72.8 Å². The number of carbonyl (C=O) groups excluding carboxylic acids is 1. The van der Waals surface area contributed by atoms with Crippen LogP contribution in [-0.2, 0) is 11.3 Å². The minimum atomic E-state index is -0.814. The zero-order valence-corrected chi connectivity index (χ0v) is 22.9. The summed E-state index contributed by atoms with van der Waals surface area (Å²) in [7, 11) is 0. The Kier molecular flexibility index (Phi) is 7.25. The van der Waals surface area contributed by atoms with Crippen LogP contribution < -0.4 is 5.32 Å². The number of aliphatic carboxylic acids is 1. The molecule has 3 aliphatic rings. The van der Waals surface area contributed by atoms with Crippen molar-refractivity contribution in [3.8, 4) is 17.1 Å². The molecule has 1 aliphatic heterocycles. The van der Waals surface area contributed by atoms with Crippen LogP contribution in [0, 0.1) is 17.3 Å². The SMILES string of the molecule is CC1([C@@H]2C[C@H]2NCc2cc(C(=O)N3CCC(C(=O)O)CC3)nc(-c3ccc(-n4cccn4)cc3)n2)C=CC(F)=CC1. The Hall–Kier alpha value is -4.18. The lowest BCUT2D eigenvalue weighted by atomic mass is 9.78. The molecule has 0 radical (unpaired) electrons. The first-order valence-corrected chi connectivity index (χ1v) is 14.1. The summed E-state index contributed by atoms with van der Waals surface area (Å²) >= 11 is 0. The molecular weight excluding hydrogens is 523 g/mol. The van der Waals surface area contributed by atoms with E-state index in [1.165, 1.54) is 0 Å². The lowest BCUT2D eigenvalue weighted by molar-refractivity contribution is -0.143. The summed E-state index contributed by atoms with van der Waals surface area (Å²) in [6, 6.07) is 11.6. The highest BCUT2D eigenvalue weighted by molar-refractivity contribution is 5.93. The van der Waals surface area contributed by atoms with Gasteiger partial charge in [-0.05, 0) is 85.6 Å². The molecular formula is C31H33FN6O3. The zero-order chi connectivity index (χ0) is 28.6. The maximum absolute atomic E-state index is 13.5. The van der Waals surface area contributed by atoms with E-state index >= 15 is 0 Å². The Morgan fingerprint density at radius 3 is 2.61 bits per heavy atom. The Morgan fingerprint density at radius 1 is 1.17 bits per heavy atom. The lowest BCUT2D eigenvalue weighted by Crippen LogP contribution is -2.40. The molecule has 1 unspecified atom stereocenters. The van der Waals surface area contributed by atoms with E-state index in [2.05, 4.69) is 22.3 Å². The van der Waals surface area contributed by atoms with E-state index in [-0.39, 0.29) is 23.2 Å². The van der Waals surface area contributed by atoms with E-state index < -0.39 is 11.9 Å². The van der Waals surface area contributed by atoms with E-state index in [1.807, 2.05) is 42.6 Å². The third kappa shape index (κ3) is 5.83. The number of halogens is 1. The molecule has 2 fully saturated rings. The fourth-order valence-electron chi connectivity index (χ4n) is 5.89. The second-order valence-corrected chi connectivity index (χ2v) is 11.4. The van der Waals surface area contributed by atoms with Crippen molar-refractivity contribution in [2.24, 2.45) is 17.3 Å². The minimum Gasteiger partial charge on any atom is -0.481 e. The molecule has 2 aliphatic carbocycles. The van der Waals surface area contributed by atoms with Gasteiger partial charge in [0.05, 0.1) is 17.3 Å². The first kappa shape index (κ1) is 27.0. The van der Waals surface area contributed by atoms with E-state index in [4.69, 9.17) is 4.98 Å². The van der Waals surface area contributed by atoms with Gasteiger partial charge in [-0.25, -0.2) is 19.0 Å². The summed E-state index contributed by atoms with van der Waals surface area (Å²) < 4.78 is 15.3. The first-order valence-electron chi connectivity index (χ1n) is 14.1. The van der Waals surface area contributed by atoms with Crippen LogP contribution >= 0.6 is 0 Å². The molecule has 3 atom stereocenters. The summed E-state index contributed by atoms with van der Waals surface area (Å²) in [4.78, 5) is 36.0. The topological polar surface area (TPSA) is 113 Å². The molecule has 3 aromatic rings. The molecule has 1 saturated heterocycles. The maximum Gasteiger partial charge on any atom is 0.306 e. The highest BCUT2D eigenvalue weighted by atomic mass is 19.1. The van der Waals surface area contributed by atoms with E-state index in [9.17, 15) is 19.1 Å². The van der Waals surface area contributed by atoms with Crippen molar-refractivity contribution in [3.05, 3.63) is 84.2 Å². The van der Waals surface area contributed by atoms with Crippen LogP contribution in [0.5, 0.6) is 0 Å².